The van der Waals surface area contributed by atoms with Gasteiger partial charge in [-0.2, -0.15) is 0 Å². The Kier molecular flexibility index (Phi) is 5.04. The number of likely N-dealkylation sites (N-methyl/N-ethyl adjacent to an activating group) is 1. The van der Waals surface area contributed by atoms with Gasteiger partial charge >= 0.3 is 0 Å². The fourth-order valence-electron chi connectivity index (χ4n) is 3.25. The topological polar surface area (TPSA) is 57.2 Å². The maximum atomic E-state index is 4.79. The van der Waals surface area contributed by atoms with Crippen LogP contribution in [0.25, 0.3) is 22.3 Å². The Labute approximate surface area is 153 Å². The summed E-state index contributed by atoms with van der Waals surface area (Å²) in [6.07, 6.45) is 3.54. The largest absolute Gasteiger partial charge is 0.368 e. The van der Waals surface area contributed by atoms with Crippen molar-refractivity contribution < 1.29 is 0 Å². The molecule has 26 heavy (non-hydrogen) atoms. The van der Waals surface area contributed by atoms with Gasteiger partial charge in [0.2, 0.25) is 0 Å². The summed E-state index contributed by atoms with van der Waals surface area (Å²) in [4.78, 5) is 18.5. The minimum atomic E-state index is 0.730. The summed E-state index contributed by atoms with van der Waals surface area (Å²) in [7, 11) is 2.18. The number of aromatic nitrogens is 3. The lowest BCUT2D eigenvalue weighted by Crippen LogP contribution is -2.45. The van der Waals surface area contributed by atoms with E-state index in [1.807, 2.05) is 30.3 Å². The van der Waals surface area contributed by atoms with Crippen molar-refractivity contribution in [1.82, 2.24) is 24.8 Å². The second-order valence-corrected chi connectivity index (χ2v) is 6.72. The van der Waals surface area contributed by atoms with Crippen molar-refractivity contribution in [3.63, 3.8) is 0 Å². The molecule has 4 rings (SSSR count). The van der Waals surface area contributed by atoms with E-state index in [-0.39, 0.29) is 0 Å². The molecular weight excluding hydrogens is 324 g/mol. The van der Waals surface area contributed by atoms with Crippen molar-refractivity contribution in [2.75, 3.05) is 51.6 Å². The standard InChI is InChI=1S/C20H24N6/c1-25-12-14-26(15-13-25)11-10-22-20-17-4-2-3-5-18(17)23-19(24-20)16-6-8-21-9-7-16/h2-9H,10-15H2,1H3,(H,22,23,24). The van der Waals surface area contributed by atoms with Gasteiger partial charge in [-0.1, -0.05) is 12.1 Å². The Morgan fingerprint density at radius 3 is 2.54 bits per heavy atom. The van der Waals surface area contributed by atoms with Crippen LogP contribution in [0.3, 0.4) is 0 Å². The van der Waals surface area contributed by atoms with Gasteiger partial charge in [0, 0.05) is 62.6 Å². The van der Waals surface area contributed by atoms with E-state index in [1.54, 1.807) is 12.4 Å². The van der Waals surface area contributed by atoms with Crippen LogP contribution in [-0.2, 0) is 0 Å². The van der Waals surface area contributed by atoms with Gasteiger partial charge in [0.25, 0.3) is 0 Å². The average molecular weight is 348 g/mol. The van der Waals surface area contributed by atoms with Crippen molar-refractivity contribution in [3.05, 3.63) is 48.8 Å². The van der Waals surface area contributed by atoms with Gasteiger partial charge in [0.15, 0.2) is 5.82 Å². The number of benzene rings is 1. The Hall–Kier alpha value is -2.57. The van der Waals surface area contributed by atoms with E-state index in [2.05, 4.69) is 33.2 Å². The highest BCUT2D eigenvalue weighted by atomic mass is 15.2. The van der Waals surface area contributed by atoms with Crippen LogP contribution in [0, 0.1) is 0 Å². The van der Waals surface area contributed by atoms with Crippen molar-refractivity contribution in [2.45, 2.75) is 0 Å². The van der Waals surface area contributed by atoms with E-state index in [9.17, 15) is 0 Å². The highest BCUT2D eigenvalue weighted by Crippen LogP contribution is 2.24. The summed E-state index contributed by atoms with van der Waals surface area (Å²) in [5, 5.41) is 4.59. The van der Waals surface area contributed by atoms with E-state index in [0.29, 0.717) is 0 Å². The zero-order valence-corrected chi connectivity index (χ0v) is 15.1. The second kappa shape index (κ2) is 7.76. The first kappa shape index (κ1) is 16.9. The van der Waals surface area contributed by atoms with E-state index in [4.69, 9.17) is 9.97 Å². The monoisotopic (exact) mass is 348 g/mol. The molecule has 2 aromatic heterocycles. The molecule has 134 valence electrons. The lowest BCUT2D eigenvalue weighted by atomic mass is 10.2. The second-order valence-electron chi connectivity index (χ2n) is 6.72. The fourth-order valence-corrected chi connectivity index (χ4v) is 3.25. The van der Waals surface area contributed by atoms with Gasteiger partial charge in [-0.3, -0.25) is 9.88 Å². The molecule has 1 aromatic carbocycles. The highest BCUT2D eigenvalue weighted by Gasteiger charge is 2.14. The van der Waals surface area contributed by atoms with Crippen LogP contribution in [0.15, 0.2) is 48.8 Å². The molecule has 1 saturated heterocycles. The fraction of sp³-hybridized carbons (Fsp3) is 0.350. The molecule has 0 radical (unpaired) electrons. The number of pyridine rings is 1. The minimum Gasteiger partial charge on any atom is -0.368 e. The summed E-state index contributed by atoms with van der Waals surface area (Å²) in [5.41, 5.74) is 1.93. The first-order valence-electron chi connectivity index (χ1n) is 9.11. The van der Waals surface area contributed by atoms with Crippen molar-refractivity contribution in [2.24, 2.45) is 0 Å². The maximum absolute atomic E-state index is 4.79. The first-order chi connectivity index (χ1) is 12.8. The maximum Gasteiger partial charge on any atom is 0.162 e. The van der Waals surface area contributed by atoms with E-state index >= 15 is 0 Å². The third-order valence-electron chi connectivity index (χ3n) is 4.86. The smallest absolute Gasteiger partial charge is 0.162 e. The number of hydrogen-bond acceptors (Lipinski definition) is 6. The van der Waals surface area contributed by atoms with Gasteiger partial charge in [-0.15, -0.1) is 0 Å². The molecule has 1 aliphatic heterocycles. The van der Waals surface area contributed by atoms with E-state index < -0.39 is 0 Å². The first-order valence-corrected chi connectivity index (χ1v) is 9.11. The van der Waals surface area contributed by atoms with Crippen molar-refractivity contribution in [1.29, 1.82) is 0 Å². The summed E-state index contributed by atoms with van der Waals surface area (Å²) < 4.78 is 0. The highest BCUT2D eigenvalue weighted by molar-refractivity contribution is 5.90. The number of hydrogen-bond donors (Lipinski definition) is 1. The van der Waals surface area contributed by atoms with Gasteiger partial charge in [0.1, 0.15) is 5.82 Å². The van der Waals surface area contributed by atoms with Crippen molar-refractivity contribution in [3.8, 4) is 11.4 Å². The predicted octanol–water partition coefficient (Wildman–Crippen LogP) is 2.35. The molecule has 0 atom stereocenters. The van der Waals surface area contributed by atoms with Gasteiger partial charge in [-0.05, 0) is 31.3 Å². The number of rotatable bonds is 5. The number of nitrogens with one attached hydrogen (secondary N) is 1. The Morgan fingerprint density at radius 2 is 1.73 bits per heavy atom. The van der Waals surface area contributed by atoms with Crippen LogP contribution in [0.4, 0.5) is 5.82 Å². The number of nitrogens with zero attached hydrogens (tertiary/aromatic N) is 5. The molecule has 0 aliphatic carbocycles. The minimum absolute atomic E-state index is 0.730. The molecule has 3 aromatic rings. The number of para-hydroxylation sites is 1. The van der Waals surface area contributed by atoms with Crippen LogP contribution >= 0.6 is 0 Å². The number of piperazine rings is 1. The van der Waals surface area contributed by atoms with Crippen LogP contribution in [0.2, 0.25) is 0 Å². The Bertz CT molecular complexity index is 859. The molecule has 0 spiro atoms. The third kappa shape index (κ3) is 3.81. The molecule has 6 nitrogen and oxygen atoms in total. The molecule has 1 aliphatic rings. The zero-order valence-electron chi connectivity index (χ0n) is 15.1. The van der Waals surface area contributed by atoms with Gasteiger partial charge < -0.3 is 10.2 Å². The quantitative estimate of drug-likeness (QED) is 0.764. The van der Waals surface area contributed by atoms with Crippen LogP contribution in [0.1, 0.15) is 0 Å². The summed E-state index contributed by atoms with van der Waals surface area (Å²) in [6, 6.07) is 12.0. The Balaban J connectivity index is 1.53. The molecular formula is C20H24N6. The lowest BCUT2D eigenvalue weighted by Gasteiger charge is -2.32. The SMILES string of the molecule is CN1CCN(CCNc2nc(-c3ccncc3)nc3ccccc23)CC1. The van der Waals surface area contributed by atoms with Gasteiger partial charge in [-0.25, -0.2) is 9.97 Å². The normalized spacial score (nSPS) is 16.0. The molecule has 3 heterocycles. The zero-order chi connectivity index (χ0) is 17.8. The molecule has 1 fully saturated rings. The molecule has 0 bridgehead atoms. The molecule has 0 amide bonds. The average Bonchev–Trinajstić information content (AvgIpc) is 2.70. The van der Waals surface area contributed by atoms with E-state index in [0.717, 1.165) is 67.4 Å². The van der Waals surface area contributed by atoms with Crippen LogP contribution in [0.5, 0.6) is 0 Å². The molecule has 6 heteroatoms. The summed E-state index contributed by atoms with van der Waals surface area (Å²) in [6.45, 7) is 6.44. The molecule has 0 unspecified atom stereocenters. The lowest BCUT2D eigenvalue weighted by molar-refractivity contribution is 0.158. The van der Waals surface area contributed by atoms with Crippen LogP contribution in [-0.4, -0.2) is 71.1 Å². The third-order valence-corrected chi connectivity index (χ3v) is 4.86. The van der Waals surface area contributed by atoms with Crippen molar-refractivity contribution >= 4 is 16.7 Å². The summed E-state index contributed by atoms with van der Waals surface area (Å²) in [5.74, 6) is 1.63. The van der Waals surface area contributed by atoms with Gasteiger partial charge in [0.05, 0.1) is 5.52 Å². The number of fused-ring (bicyclic) bond motifs is 1. The van der Waals surface area contributed by atoms with E-state index in [1.165, 1.54) is 0 Å². The molecule has 1 N–H and O–H groups in total. The molecule has 0 saturated carbocycles. The number of anilines is 1. The van der Waals surface area contributed by atoms with Crippen LogP contribution < -0.4 is 5.32 Å². The Morgan fingerprint density at radius 1 is 0.962 bits per heavy atom. The predicted molar refractivity (Wildman–Crippen MR) is 105 cm³/mol. The summed E-state index contributed by atoms with van der Waals surface area (Å²) >= 11 is 0.